The van der Waals surface area contributed by atoms with Crippen molar-refractivity contribution in [3.8, 4) is 0 Å². The summed E-state index contributed by atoms with van der Waals surface area (Å²) >= 11 is 4.06. The standard InChI is InChI=1S/2C9H13N.C5H5N.C4H9.2ClH.Co/c2*1-6-4-7(2)9(10)8(3)5-6;1-2-4-6-5-3-1;1-4(2)3;;;/h2*4-5,7,10H,1-3H3;1-5H;4H,1H2,2-3H3;2*1H;/q;;;;;;+2/p-2. The number of halogens is 2. The van der Waals surface area contributed by atoms with Gasteiger partial charge in [0, 0.05) is 35.7 Å². The van der Waals surface area contributed by atoms with Crippen LogP contribution in [-0.4, -0.2) is 16.4 Å². The summed E-state index contributed by atoms with van der Waals surface area (Å²) in [6.45, 7) is 16.5. The first kappa shape index (κ1) is 36.1. The van der Waals surface area contributed by atoms with Gasteiger partial charge in [0.25, 0.3) is 0 Å². The monoisotopic (exact) mass is 535 g/mol. The maximum atomic E-state index is 7.58. The van der Waals surface area contributed by atoms with Gasteiger partial charge < -0.3 is 35.6 Å². The molecule has 2 atom stereocenters. The molecule has 6 heteroatoms. The zero-order chi connectivity index (χ0) is 24.0. The van der Waals surface area contributed by atoms with Gasteiger partial charge in [-0.25, -0.2) is 0 Å². The van der Waals surface area contributed by atoms with Gasteiger partial charge in [-0.3, -0.25) is 4.98 Å². The zero-order valence-electron chi connectivity index (χ0n) is 21.2. The van der Waals surface area contributed by atoms with Crippen molar-refractivity contribution in [1.29, 1.82) is 10.8 Å². The van der Waals surface area contributed by atoms with E-state index < -0.39 is 0 Å². The molecule has 3 rings (SSSR count). The molecule has 1 aromatic rings. The SMILES string of the molecule is CC(C)[CH2][Co+2].CC1=CC(C)C(=N)C(C)=C1.CC1=CC(C)C(=N)C(C)=C1.[Cl-].[Cl-].c1ccncc1. The molecule has 0 bridgehead atoms. The minimum Gasteiger partial charge on any atom is -1.00 e. The Hall–Kier alpha value is -1.46. The molecule has 2 unspecified atom stereocenters. The fourth-order valence-corrected chi connectivity index (χ4v) is 2.92. The number of aromatic nitrogens is 1. The Morgan fingerprint density at radius 2 is 1.12 bits per heavy atom. The maximum Gasteiger partial charge on any atom is 0.0409 e. The molecule has 186 valence electrons. The average molecular weight is 536 g/mol. The van der Waals surface area contributed by atoms with Crippen molar-refractivity contribution in [2.75, 3.05) is 0 Å². The molecule has 1 aromatic heterocycles. The van der Waals surface area contributed by atoms with Crippen LogP contribution < -0.4 is 24.8 Å². The Morgan fingerprint density at radius 3 is 1.30 bits per heavy atom. The molecule has 2 aliphatic carbocycles. The number of hydrogen-bond acceptors (Lipinski definition) is 3. The molecule has 0 amide bonds. The van der Waals surface area contributed by atoms with Crippen LogP contribution in [0.25, 0.3) is 0 Å². The Labute approximate surface area is 222 Å². The molecule has 0 saturated heterocycles. The van der Waals surface area contributed by atoms with E-state index in [9.17, 15) is 0 Å². The van der Waals surface area contributed by atoms with Gasteiger partial charge in [0.1, 0.15) is 0 Å². The Morgan fingerprint density at radius 1 is 0.788 bits per heavy atom. The van der Waals surface area contributed by atoms with Gasteiger partial charge in [0.05, 0.1) is 0 Å². The summed E-state index contributed by atoms with van der Waals surface area (Å²) in [5.74, 6) is 1.37. The second-order valence-electron chi connectivity index (χ2n) is 8.44. The Balaban J connectivity index is -0.000000370. The molecule has 0 aromatic carbocycles. The van der Waals surface area contributed by atoms with Crippen LogP contribution in [-0.2, 0) is 15.7 Å². The third-order valence-corrected chi connectivity index (χ3v) is 5.36. The molecule has 2 aliphatic rings. The van der Waals surface area contributed by atoms with Crippen LogP contribution in [0, 0.1) is 28.6 Å². The van der Waals surface area contributed by atoms with Crippen molar-refractivity contribution < 1.29 is 40.6 Å². The van der Waals surface area contributed by atoms with E-state index in [0.717, 1.165) is 33.8 Å². The van der Waals surface area contributed by atoms with Crippen LogP contribution in [0.5, 0.6) is 0 Å². The van der Waals surface area contributed by atoms with Crippen molar-refractivity contribution in [2.45, 2.75) is 60.7 Å². The van der Waals surface area contributed by atoms with Gasteiger partial charge in [0.2, 0.25) is 0 Å². The smallest absolute Gasteiger partial charge is 0.0409 e. The molecular weight excluding hydrogens is 496 g/mol. The van der Waals surface area contributed by atoms with Crippen molar-refractivity contribution in [3.05, 3.63) is 77.2 Å². The topological polar surface area (TPSA) is 60.6 Å². The van der Waals surface area contributed by atoms with E-state index in [4.69, 9.17) is 10.8 Å². The van der Waals surface area contributed by atoms with Crippen LogP contribution in [0.15, 0.2) is 77.2 Å². The van der Waals surface area contributed by atoms with E-state index in [-0.39, 0.29) is 24.8 Å². The predicted octanol–water partition coefficient (Wildman–Crippen LogP) is 1.79. The zero-order valence-corrected chi connectivity index (χ0v) is 23.7. The largest absolute Gasteiger partial charge is 1.00 e. The van der Waals surface area contributed by atoms with Gasteiger partial charge in [0.15, 0.2) is 0 Å². The van der Waals surface area contributed by atoms with E-state index in [1.807, 2.05) is 32.0 Å². The van der Waals surface area contributed by atoms with Crippen LogP contribution in [0.3, 0.4) is 0 Å². The van der Waals surface area contributed by atoms with Crippen molar-refractivity contribution in [3.63, 3.8) is 0 Å². The molecule has 0 aliphatic heterocycles. The summed E-state index contributed by atoms with van der Waals surface area (Å²) in [7, 11) is 0. The van der Waals surface area contributed by atoms with Crippen LogP contribution in [0.4, 0.5) is 0 Å². The molecule has 0 radical (unpaired) electrons. The Kier molecular flexibility index (Phi) is 21.8. The summed E-state index contributed by atoms with van der Waals surface area (Å²) in [5.41, 5.74) is 6.28. The van der Waals surface area contributed by atoms with E-state index >= 15 is 0 Å². The molecule has 2 N–H and O–H groups in total. The molecule has 1 heterocycles. The number of nitrogens with one attached hydrogen (secondary N) is 2. The summed E-state index contributed by atoms with van der Waals surface area (Å²) < 4.78 is 0. The van der Waals surface area contributed by atoms with E-state index in [2.05, 4.69) is 86.6 Å². The summed E-state index contributed by atoms with van der Waals surface area (Å²) in [6, 6.07) is 5.72. The molecule has 0 saturated carbocycles. The quantitative estimate of drug-likeness (QED) is 0.565. The first-order valence-corrected chi connectivity index (χ1v) is 11.5. The van der Waals surface area contributed by atoms with E-state index in [0.29, 0.717) is 11.8 Å². The first-order chi connectivity index (χ1) is 14.5. The van der Waals surface area contributed by atoms with E-state index in [1.165, 1.54) is 11.1 Å². The van der Waals surface area contributed by atoms with Gasteiger partial charge in [-0.05, 0) is 51.0 Å². The van der Waals surface area contributed by atoms with Crippen LogP contribution in [0.2, 0.25) is 5.36 Å². The minimum atomic E-state index is 0. The first-order valence-electron chi connectivity index (χ1n) is 10.8. The third kappa shape index (κ3) is 16.7. The predicted molar refractivity (Wildman–Crippen MR) is 133 cm³/mol. The molecule has 0 spiro atoms. The summed E-state index contributed by atoms with van der Waals surface area (Å²) in [4.78, 5) is 3.78. The second kappa shape index (κ2) is 20.0. The fourth-order valence-electron chi connectivity index (χ4n) is 2.92. The Bertz CT molecular complexity index is 748. The average Bonchev–Trinajstić information content (AvgIpc) is 2.72. The number of rotatable bonds is 1. The van der Waals surface area contributed by atoms with Gasteiger partial charge in [-0.15, -0.1) is 0 Å². The summed E-state index contributed by atoms with van der Waals surface area (Å²) in [5, 5.41) is 16.1. The number of pyridine rings is 1. The number of nitrogens with zero attached hydrogens (tertiary/aromatic N) is 1. The number of hydrogen-bond donors (Lipinski definition) is 2. The minimum absolute atomic E-state index is 0. The number of allylic oxidation sites excluding steroid dienone is 8. The molecule has 3 nitrogen and oxygen atoms in total. The molecule has 33 heavy (non-hydrogen) atoms. The van der Waals surface area contributed by atoms with Crippen molar-refractivity contribution in [1.82, 2.24) is 4.98 Å². The molecule has 0 fully saturated rings. The van der Waals surface area contributed by atoms with Crippen molar-refractivity contribution in [2.24, 2.45) is 17.8 Å². The third-order valence-electron chi connectivity index (χ3n) is 4.51. The van der Waals surface area contributed by atoms with Crippen LogP contribution in [0.1, 0.15) is 55.4 Å². The molecular formula is C27H40Cl2CoN3. The fraction of sp³-hybridized carbons (Fsp3) is 0.444. The normalized spacial score (nSPS) is 18.6. The van der Waals surface area contributed by atoms with Gasteiger partial charge >= 0.3 is 40.9 Å². The van der Waals surface area contributed by atoms with Gasteiger partial charge in [-0.2, -0.15) is 0 Å². The second-order valence-corrected chi connectivity index (χ2v) is 8.86. The summed E-state index contributed by atoms with van der Waals surface area (Å²) in [6.07, 6.45) is 11.9. The van der Waals surface area contributed by atoms with Crippen molar-refractivity contribution >= 4 is 11.4 Å². The van der Waals surface area contributed by atoms with E-state index in [1.54, 1.807) is 12.4 Å². The van der Waals surface area contributed by atoms with Crippen LogP contribution >= 0.6 is 0 Å². The maximum absolute atomic E-state index is 7.58. The van der Waals surface area contributed by atoms with Gasteiger partial charge in [-0.1, -0.05) is 55.4 Å².